The Morgan fingerprint density at radius 2 is 1.40 bits per heavy atom. The third-order valence-electron chi connectivity index (χ3n) is 6.11. The van der Waals surface area contributed by atoms with Gasteiger partial charge in [0.25, 0.3) is 0 Å². The summed E-state index contributed by atoms with van der Waals surface area (Å²) < 4.78 is 0. The molecule has 0 heterocycles. The van der Waals surface area contributed by atoms with Crippen LogP contribution >= 0.6 is 0 Å². The highest BCUT2D eigenvalue weighted by molar-refractivity contribution is 5.15. The van der Waals surface area contributed by atoms with Crippen molar-refractivity contribution in [2.45, 2.75) is 77.6 Å². The molecule has 3 aliphatic rings. The van der Waals surface area contributed by atoms with Gasteiger partial charge in [-0.05, 0) is 48.9 Å². The largest absolute Gasteiger partial charge is 0.0588 e. The topological polar surface area (TPSA) is 0 Å². The van der Waals surface area contributed by atoms with Gasteiger partial charge in [0, 0.05) is 0 Å². The lowest BCUT2D eigenvalue weighted by Crippen LogP contribution is -2.24. The molecule has 1 spiro atoms. The molecule has 0 aliphatic heterocycles. The summed E-state index contributed by atoms with van der Waals surface area (Å²) in [4.78, 5) is 0. The molecule has 1 unspecified atom stereocenters. The van der Waals surface area contributed by atoms with Crippen molar-refractivity contribution in [3.8, 4) is 0 Å². The van der Waals surface area contributed by atoms with Gasteiger partial charge in [-0.1, -0.05) is 45.4 Å². The Labute approximate surface area is 94.8 Å². The normalized spacial score (nSPS) is 40.6. The van der Waals surface area contributed by atoms with Gasteiger partial charge >= 0.3 is 0 Å². The highest BCUT2D eigenvalue weighted by Gasteiger charge is 2.65. The molecule has 0 aromatic carbocycles. The lowest BCUT2D eigenvalue weighted by molar-refractivity contribution is 0.158. The van der Waals surface area contributed by atoms with E-state index in [4.69, 9.17) is 0 Å². The van der Waals surface area contributed by atoms with E-state index >= 15 is 0 Å². The van der Waals surface area contributed by atoms with E-state index in [1.54, 1.807) is 32.1 Å². The maximum absolute atomic E-state index is 2.63. The van der Waals surface area contributed by atoms with Crippen LogP contribution < -0.4 is 0 Å². The second-order valence-corrected chi connectivity index (χ2v) is 6.77. The van der Waals surface area contributed by atoms with Crippen molar-refractivity contribution in [3.05, 3.63) is 0 Å². The van der Waals surface area contributed by atoms with E-state index in [1.807, 2.05) is 0 Å². The fraction of sp³-hybridized carbons (Fsp3) is 1.00. The van der Waals surface area contributed by atoms with Crippen LogP contribution in [0.1, 0.15) is 77.6 Å². The van der Waals surface area contributed by atoms with Crippen molar-refractivity contribution < 1.29 is 0 Å². The molecule has 3 fully saturated rings. The summed E-state index contributed by atoms with van der Waals surface area (Å²) in [7, 11) is 0. The van der Waals surface area contributed by atoms with Crippen molar-refractivity contribution >= 4 is 0 Å². The Morgan fingerprint density at radius 1 is 0.800 bits per heavy atom. The first-order valence-corrected chi connectivity index (χ1v) is 7.27. The first kappa shape index (κ1) is 10.2. The number of hydrogen-bond donors (Lipinski definition) is 0. The van der Waals surface area contributed by atoms with Crippen molar-refractivity contribution in [3.63, 3.8) is 0 Å². The van der Waals surface area contributed by atoms with Gasteiger partial charge in [0.15, 0.2) is 0 Å². The zero-order valence-corrected chi connectivity index (χ0v) is 10.4. The molecule has 3 saturated carbocycles. The Hall–Kier alpha value is 0. The zero-order chi connectivity index (χ0) is 10.4. The predicted octanol–water partition coefficient (Wildman–Crippen LogP) is 4.93. The standard InChI is InChI=1S/C15H26/c1-14(13-8-4-2-5-9-13)12-15(14)10-6-3-7-11-15/h13H,2-12H2,1H3. The quantitative estimate of drug-likeness (QED) is 0.571. The minimum atomic E-state index is 0.786. The van der Waals surface area contributed by atoms with E-state index in [2.05, 4.69) is 6.92 Å². The summed E-state index contributed by atoms with van der Waals surface area (Å²) in [6.07, 6.45) is 17.0. The lowest BCUT2D eigenvalue weighted by Gasteiger charge is -2.35. The van der Waals surface area contributed by atoms with Crippen LogP contribution in [0.5, 0.6) is 0 Å². The second kappa shape index (κ2) is 3.50. The van der Waals surface area contributed by atoms with Crippen LogP contribution in [0, 0.1) is 16.7 Å². The molecule has 3 aliphatic carbocycles. The molecular weight excluding hydrogens is 180 g/mol. The molecule has 1 atom stereocenters. The molecule has 0 aromatic heterocycles. The third kappa shape index (κ3) is 1.47. The molecule has 3 rings (SSSR count). The second-order valence-electron chi connectivity index (χ2n) is 6.77. The van der Waals surface area contributed by atoms with Crippen LogP contribution in [0.25, 0.3) is 0 Å². The van der Waals surface area contributed by atoms with Gasteiger partial charge in [0.1, 0.15) is 0 Å². The lowest BCUT2D eigenvalue weighted by atomic mass is 9.70. The van der Waals surface area contributed by atoms with Crippen LogP contribution in [-0.4, -0.2) is 0 Å². The maximum atomic E-state index is 2.63. The molecular formula is C15H26. The molecule has 0 N–H and O–H groups in total. The van der Waals surface area contributed by atoms with Crippen molar-refractivity contribution in [2.24, 2.45) is 16.7 Å². The summed E-state index contributed by atoms with van der Waals surface area (Å²) in [6, 6.07) is 0. The van der Waals surface area contributed by atoms with E-state index < -0.39 is 0 Å². The molecule has 0 bridgehead atoms. The Balaban J connectivity index is 1.70. The Bertz CT molecular complexity index is 230. The van der Waals surface area contributed by atoms with Crippen LogP contribution in [0.15, 0.2) is 0 Å². The molecule has 0 nitrogen and oxygen atoms in total. The Kier molecular flexibility index (Phi) is 2.37. The van der Waals surface area contributed by atoms with Gasteiger partial charge in [0.05, 0.1) is 0 Å². The van der Waals surface area contributed by atoms with Crippen LogP contribution in [0.3, 0.4) is 0 Å². The van der Waals surface area contributed by atoms with E-state index in [0.29, 0.717) is 0 Å². The molecule has 86 valence electrons. The maximum Gasteiger partial charge on any atom is -0.0235 e. The highest BCUT2D eigenvalue weighted by atomic mass is 14.7. The molecule has 0 heteroatoms. The fourth-order valence-corrected chi connectivity index (χ4v) is 4.95. The number of hydrogen-bond acceptors (Lipinski definition) is 0. The van der Waals surface area contributed by atoms with Gasteiger partial charge < -0.3 is 0 Å². The van der Waals surface area contributed by atoms with Crippen molar-refractivity contribution in [1.82, 2.24) is 0 Å². The highest BCUT2D eigenvalue weighted by Crippen LogP contribution is 2.74. The molecule has 15 heavy (non-hydrogen) atoms. The summed E-state index contributed by atoms with van der Waals surface area (Å²) >= 11 is 0. The van der Waals surface area contributed by atoms with Crippen LogP contribution in [0.4, 0.5) is 0 Å². The van der Waals surface area contributed by atoms with E-state index in [1.165, 1.54) is 38.5 Å². The minimum Gasteiger partial charge on any atom is -0.0588 e. The van der Waals surface area contributed by atoms with Crippen molar-refractivity contribution in [1.29, 1.82) is 0 Å². The third-order valence-corrected chi connectivity index (χ3v) is 6.11. The average Bonchev–Trinajstić information content (AvgIpc) is 2.87. The van der Waals surface area contributed by atoms with Gasteiger partial charge in [-0.25, -0.2) is 0 Å². The van der Waals surface area contributed by atoms with Crippen LogP contribution in [0.2, 0.25) is 0 Å². The molecule has 0 radical (unpaired) electrons. The minimum absolute atomic E-state index is 0.786. The first-order chi connectivity index (χ1) is 7.27. The molecule has 0 aromatic rings. The van der Waals surface area contributed by atoms with Crippen molar-refractivity contribution in [2.75, 3.05) is 0 Å². The fourth-order valence-electron chi connectivity index (χ4n) is 4.95. The monoisotopic (exact) mass is 206 g/mol. The van der Waals surface area contributed by atoms with Gasteiger partial charge in [-0.3, -0.25) is 0 Å². The van der Waals surface area contributed by atoms with Gasteiger partial charge in [-0.2, -0.15) is 0 Å². The molecule has 0 saturated heterocycles. The summed E-state index contributed by atoms with van der Waals surface area (Å²) in [5, 5.41) is 0. The Morgan fingerprint density at radius 3 is 2.07 bits per heavy atom. The smallest absolute Gasteiger partial charge is 0.0235 e. The molecule has 0 amide bonds. The zero-order valence-electron chi connectivity index (χ0n) is 10.4. The van der Waals surface area contributed by atoms with E-state index in [0.717, 1.165) is 16.7 Å². The first-order valence-electron chi connectivity index (χ1n) is 7.27. The summed E-state index contributed by atoms with van der Waals surface area (Å²) in [6.45, 7) is 2.63. The predicted molar refractivity (Wildman–Crippen MR) is 64.8 cm³/mol. The summed E-state index contributed by atoms with van der Waals surface area (Å²) in [5.41, 5.74) is 1.63. The SMILES string of the molecule is CC1(C2CCCCC2)CC12CCCCC2. The van der Waals surface area contributed by atoms with Crippen LogP contribution in [-0.2, 0) is 0 Å². The summed E-state index contributed by atoms with van der Waals surface area (Å²) in [5.74, 6) is 1.10. The average molecular weight is 206 g/mol. The van der Waals surface area contributed by atoms with Gasteiger partial charge in [-0.15, -0.1) is 0 Å². The van der Waals surface area contributed by atoms with E-state index in [9.17, 15) is 0 Å². The van der Waals surface area contributed by atoms with E-state index in [-0.39, 0.29) is 0 Å². The van der Waals surface area contributed by atoms with Gasteiger partial charge in [0.2, 0.25) is 0 Å². The number of rotatable bonds is 1.